The first-order valence-electron chi connectivity index (χ1n) is 5.60. The van der Waals surface area contributed by atoms with Gasteiger partial charge in [-0.3, -0.25) is 14.9 Å². The van der Waals surface area contributed by atoms with Crippen LogP contribution in [0.15, 0.2) is 24.9 Å². The predicted molar refractivity (Wildman–Crippen MR) is 72.3 cm³/mol. The summed E-state index contributed by atoms with van der Waals surface area (Å²) >= 11 is 5.84. The number of nitrogens with zero attached hydrogens (tertiary/aromatic N) is 3. The zero-order valence-corrected chi connectivity index (χ0v) is 11.4. The molecule has 1 aromatic heterocycles. The molecule has 0 aromatic carbocycles. The number of pyridine rings is 1. The Labute approximate surface area is 115 Å². The van der Waals surface area contributed by atoms with E-state index in [9.17, 15) is 14.9 Å². The average Bonchev–Trinajstić information content (AvgIpc) is 2.35. The molecule has 1 amide bonds. The molecule has 1 aromatic rings. The van der Waals surface area contributed by atoms with Gasteiger partial charge in [0.1, 0.15) is 11.3 Å². The largest absolute Gasteiger partial charge is 0.332 e. The number of nitro groups is 1. The Morgan fingerprint density at radius 1 is 1.68 bits per heavy atom. The van der Waals surface area contributed by atoms with Crippen molar-refractivity contribution in [2.45, 2.75) is 19.9 Å². The molecule has 0 saturated carbocycles. The van der Waals surface area contributed by atoms with Crippen LogP contribution >= 0.6 is 11.6 Å². The van der Waals surface area contributed by atoms with Crippen molar-refractivity contribution in [3.8, 4) is 0 Å². The summed E-state index contributed by atoms with van der Waals surface area (Å²) in [4.78, 5) is 27.6. The first kappa shape index (κ1) is 15.1. The Balaban J connectivity index is 3.19. The van der Waals surface area contributed by atoms with E-state index in [1.54, 1.807) is 6.08 Å². The zero-order chi connectivity index (χ0) is 14.6. The Morgan fingerprint density at radius 2 is 2.32 bits per heavy atom. The molecule has 0 aliphatic rings. The van der Waals surface area contributed by atoms with Crippen LogP contribution in [0.1, 0.15) is 24.2 Å². The van der Waals surface area contributed by atoms with Gasteiger partial charge in [-0.05, 0) is 13.8 Å². The van der Waals surface area contributed by atoms with E-state index < -0.39 is 10.8 Å². The lowest BCUT2D eigenvalue weighted by Crippen LogP contribution is -2.37. The first-order valence-corrected chi connectivity index (χ1v) is 5.98. The molecule has 6 nitrogen and oxygen atoms in total. The minimum Gasteiger partial charge on any atom is -0.332 e. The number of amides is 1. The molecular formula is C12H14ClN3O3. The molecule has 7 heteroatoms. The number of hydrogen-bond acceptors (Lipinski definition) is 4. The Morgan fingerprint density at radius 3 is 2.79 bits per heavy atom. The van der Waals surface area contributed by atoms with Crippen LogP contribution in [0.25, 0.3) is 0 Å². The highest BCUT2D eigenvalue weighted by atomic mass is 35.5. The predicted octanol–water partition coefficient (Wildman–Crippen LogP) is 2.68. The van der Waals surface area contributed by atoms with E-state index in [4.69, 9.17) is 11.6 Å². The van der Waals surface area contributed by atoms with Gasteiger partial charge in [0.2, 0.25) is 0 Å². The standard InChI is InChI=1S/C12H14ClN3O3/c1-4-5-15(8(2)3)12(17)10-6-9(16(18)19)7-14-11(10)13/h4,6-8H,1,5H2,2-3H3. The van der Waals surface area contributed by atoms with Crippen LogP contribution in [-0.4, -0.2) is 33.3 Å². The molecule has 0 aliphatic carbocycles. The third-order valence-corrected chi connectivity index (χ3v) is 2.78. The lowest BCUT2D eigenvalue weighted by atomic mass is 10.2. The van der Waals surface area contributed by atoms with Crippen LogP contribution in [0.2, 0.25) is 5.15 Å². The number of hydrogen-bond donors (Lipinski definition) is 0. The second-order valence-corrected chi connectivity index (χ2v) is 4.49. The van der Waals surface area contributed by atoms with Crippen LogP contribution in [0.5, 0.6) is 0 Å². The summed E-state index contributed by atoms with van der Waals surface area (Å²) in [7, 11) is 0. The zero-order valence-electron chi connectivity index (χ0n) is 10.7. The minimum atomic E-state index is -0.618. The molecule has 0 spiro atoms. The molecule has 1 rings (SSSR count). The van der Waals surface area contributed by atoms with E-state index in [-0.39, 0.29) is 22.4 Å². The highest BCUT2D eigenvalue weighted by Crippen LogP contribution is 2.21. The molecule has 0 atom stereocenters. The molecule has 0 fully saturated rings. The fourth-order valence-corrected chi connectivity index (χ4v) is 1.69. The number of aromatic nitrogens is 1. The van der Waals surface area contributed by atoms with Crippen molar-refractivity contribution < 1.29 is 9.72 Å². The fraction of sp³-hybridized carbons (Fsp3) is 0.333. The number of halogens is 1. The van der Waals surface area contributed by atoms with Crippen molar-refractivity contribution in [1.82, 2.24) is 9.88 Å². The average molecular weight is 284 g/mol. The summed E-state index contributed by atoms with van der Waals surface area (Å²) in [6.45, 7) is 7.57. The van der Waals surface area contributed by atoms with Gasteiger partial charge < -0.3 is 4.90 Å². The second-order valence-electron chi connectivity index (χ2n) is 4.13. The molecule has 0 saturated heterocycles. The van der Waals surface area contributed by atoms with Gasteiger partial charge in [-0.1, -0.05) is 17.7 Å². The van der Waals surface area contributed by atoms with Gasteiger partial charge in [-0.2, -0.15) is 0 Å². The minimum absolute atomic E-state index is 0.0198. The normalized spacial score (nSPS) is 10.3. The van der Waals surface area contributed by atoms with E-state index in [1.165, 1.54) is 4.90 Å². The van der Waals surface area contributed by atoms with Gasteiger partial charge >= 0.3 is 0 Å². The van der Waals surface area contributed by atoms with Crippen molar-refractivity contribution in [2.24, 2.45) is 0 Å². The smallest absolute Gasteiger partial charge is 0.288 e. The number of carbonyl (C=O) groups excluding carboxylic acids is 1. The van der Waals surface area contributed by atoms with Gasteiger partial charge in [0, 0.05) is 18.7 Å². The summed E-state index contributed by atoms with van der Waals surface area (Å²) in [5, 5.41) is 10.6. The summed E-state index contributed by atoms with van der Waals surface area (Å²) in [5.41, 5.74) is -0.249. The third kappa shape index (κ3) is 3.51. The summed E-state index contributed by atoms with van der Waals surface area (Å²) < 4.78 is 0. The summed E-state index contributed by atoms with van der Waals surface area (Å²) in [5.74, 6) is -0.406. The third-order valence-electron chi connectivity index (χ3n) is 2.48. The lowest BCUT2D eigenvalue weighted by Gasteiger charge is -2.25. The molecule has 102 valence electrons. The van der Waals surface area contributed by atoms with Gasteiger partial charge in [0.25, 0.3) is 11.6 Å². The molecule has 0 radical (unpaired) electrons. The Hall–Kier alpha value is -1.95. The molecule has 0 aliphatic heterocycles. The first-order chi connectivity index (χ1) is 8.88. The maximum atomic E-state index is 12.3. The van der Waals surface area contributed by atoms with Crippen LogP contribution in [-0.2, 0) is 0 Å². The lowest BCUT2D eigenvalue weighted by molar-refractivity contribution is -0.385. The summed E-state index contributed by atoms with van der Waals surface area (Å²) in [6.07, 6.45) is 2.60. The van der Waals surface area contributed by atoms with Gasteiger partial charge in [-0.25, -0.2) is 4.98 Å². The molecular weight excluding hydrogens is 270 g/mol. The van der Waals surface area contributed by atoms with Gasteiger partial charge in [0.15, 0.2) is 0 Å². The maximum Gasteiger partial charge on any atom is 0.288 e. The van der Waals surface area contributed by atoms with Gasteiger partial charge in [0.05, 0.1) is 10.5 Å². The monoisotopic (exact) mass is 283 g/mol. The molecule has 1 heterocycles. The second kappa shape index (κ2) is 6.29. The van der Waals surface area contributed by atoms with E-state index in [0.717, 1.165) is 12.3 Å². The van der Waals surface area contributed by atoms with Crippen molar-refractivity contribution in [1.29, 1.82) is 0 Å². The highest BCUT2D eigenvalue weighted by molar-refractivity contribution is 6.32. The fourth-order valence-electron chi connectivity index (χ4n) is 1.51. The molecule has 19 heavy (non-hydrogen) atoms. The van der Waals surface area contributed by atoms with Gasteiger partial charge in [-0.15, -0.1) is 6.58 Å². The quantitative estimate of drug-likeness (QED) is 0.360. The van der Waals surface area contributed by atoms with Crippen molar-refractivity contribution in [3.63, 3.8) is 0 Å². The number of carbonyl (C=O) groups is 1. The van der Waals surface area contributed by atoms with Crippen LogP contribution in [0, 0.1) is 10.1 Å². The van der Waals surface area contributed by atoms with E-state index in [1.807, 2.05) is 13.8 Å². The van der Waals surface area contributed by atoms with Crippen LogP contribution < -0.4 is 0 Å². The highest BCUT2D eigenvalue weighted by Gasteiger charge is 2.23. The number of rotatable bonds is 5. The maximum absolute atomic E-state index is 12.3. The molecule has 0 bridgehead atoms. The van der Waals surface area contributed by atoms with E-state index in [0.29, 0.717) is 6.54 Å². The van der Waals surface area contributed by atoms with Crippen molar-refractivity contribution in [3.05, 3.63) is 45.7 Å². The van der Waals surface area contributed by atoms with E-state index >= 15 is 0 Å². The van der Waals surface area contributed by atoms with Crippen LogP contribution in [0.4, 0.5) is 5.69 Å². The van der Waals surface area contributed by atoms with Crippen molar-refractivity contribution in [2.75, 3.05) is 6.54 Å². The topological polar surface area (TPSA) is 76.3 Å². The Kier molecular flexibility index (Phi) is 5.00. The molecule has 0 unspecified atom stereocenters. The van der Waals surface area contributed by atoms with Crippen LogP contribution in [0.3, 0.4) is 0 Å². The summed E-state index contributed by atoms with van der Waals surface area (Å²) in [6, 6.07) is 1.05. The molecule has 0 N–H and O–H groups in total. The van der Waals surface area contributed by atoms with E-state index in [2.05, 4.69) is 11.6 Å². The SMILES string of the molecule is C=CCN(C(=O)c1cc([N+](=O)[O-])cnc1Cl)C(C)C. The Bertz CT molecular complexity index is 517. The van der Waals surface area contributed by atoms with Crippen molar-refractivity contribution >= 4 is 23.2 Å².